The van der Waals surface area contributed by atoms with Crippen LogP contribution in [-0.4, -0.2) is 8.76 Å². The Kier molecular flexibility index (Phi) is 6.42. The van der Waals surface area contributed by atoms with Crippen molar-refractivity contribution in [1.29, 1.82) is 5.26 Å². The molecule has 0 spiro atoms. The Morgan fingerprint density at radius 1 is 1.46 bits per heavy atom. The van der Waals surface area contributed by atoms with Crippen molar-refractivity contribution in [2.45, 2.75) is 4.90 Å². The fraction of sp³-hybridized carbons (Fsp3) is 0. The first-order valence-electron chi connectivity index (χ1n) is 3.37. The highest BCUT2D eigenvalue weighted by molar-refractivity contribution is 7.79. The molecule has 0 saturated heterocycles. The number of rotatable bonds is 1. The number of hydrogen-bond donors (Lipinski definition) is 0. The van der Waals surface area contributed by atoms with Crippen LogP contribution in [0.25, 0.3) is 0 Å². The minimum atomic E-state index is -2.08. The lowest BCUT2D eigenvalue weighted by Crippen LogP contribution is -1.85. The smallest absolute Gasteiger partial charge is 0.0905 e. The summed E-state index contributed by atoms with van der Waals surface area (Å²) in [6.07, 6.45) is 1.18. The predicted molar refractivity (Wildman–Crippen MR) is 49.4 cm³/mol. The molecule has 0 aliphatic rings. The van der Waals surface area contributed by atoms with Gasteiger partial charge in [0, 0.05) is 11.0 Å². The first-order chi connectivity index (χ1) is 6.22. The van der Waals surface area contributed by atoms with Crippen molar-refractivity contribution < 1.29 is 8.76 Å². The zero-order valence-electron chi connectivity index (χ0n) is 6.84. The molecule has 1 rings (SSSR count). The summed E-state index contributed by atoms with van der Waals surface area (Å²) < 4.78 is 20.4. The molecule has 4 heteroatoms. The standard InChI is InChI=1S/C6H6O2S.C3H3N/c7-9(8)6-4-2-1-3-5-6;1-2-3-4/h1-5H,(H,7,8);2H,1H2/p-1. The highest BCUT2D eigenvalue weighted by atomic mass is 32.2. The van der Waals surface area contributed by atoms with Crippen molar-refractivity contribution in [1.82, 2.24) is 0 Å². The van der Waals surface area contributed by atoms with Gasteiger partial charge in [-0.3, -0.25) is 4.21 Å². The molecule has 68 valence electrons. The molecular formula is C9H8NO2S-. The summed E-state index contributed by atoms with van der Waals surface area (Å²) in [5, 5.41) is 7.51. The van der Waals surface area contributed by atoms with Crippen molar-refractivity contribution in [3.63, 3.8) is 0 Å². The molecule has 1 aromatic rings. The summed E-state index contributed by atoms with van der Waals surface area (Å²) in [6.45, 7) is 3.12. The third-order valence-electron chi connectivity index (χ3n) is 1.03. The van der Waals surface area contributed by atoms with Gasteiger partial charge in [-0.15, -0.1) is 0 Å². The normalized spacial score (nSPS) is 10.2. The molecule has 1 aromatic carbocycles. The van der Waals surface area contributed by atoms with E-state index >= 15 is 0 Å². The van der Waals surface area contributed by atoms with Gasteiger partial charge in [-0.25, -0.2) is 0 Å². The van der Waals surface area contributed by atoms with Crippen LogP contribution in [0.2, 0.25) is 0 Å². The average Bonchev–Trinajstić information content (AvgIpc) is 2.19. The molecule has 0 fully saturated rings. The molecule has 0 aromatic heterocycles. The molecule has 0 aliphatic heterocycles. The van der Waals surface area contributed by atoms with Crippen LogP contribution in [0.5, 0.6) is 0 Å². The lowest BCUT2D eigenvalue weighted by Gasteiger charge is -2.01. The number of hydrogen-bond acceptors (Lipinski definition) is 3. The van der Waals surface area contributed by atoms with E-state index < -0.39 is 11.1 Å². The Bertz CT molecular complexity index is 316. The molecule has 0 bridgehead atoms. The molecule has 0 heterocycles. The summed E-state index contributed by atoms with van der Waals surface area (Å²) in [6, 6.07) is 9.93. The summed E-state index contributed by atoms with van der Waals surface area (Å²) in [5.74, 6) is 0. The summed E-state index contributed by atoms with van der Waals surface area (Å²) in [4.78, 5) is 0.331. The maximum atomic E-state index is 10.2. The fourth-order valence-corrected chi connectivity index (χ4v) is 0.911. The second-order valence-corrected chi connectivity index (χ2v) is 2.82. The van der Waals surface area contributed by atoms with E-state index in [-0.39, 0.29) is 0 Å². The second kappa shape index (κ2) is 7.22. The third kappa shape index (κ3) is 5.79. The third-order valence-corrected chi connectivity index (χ3v) is 1.68. The van der Waals surface area contributed by atoms with E-state index in [0.29, 0.717) is 4.90 Å². The largest absolute Gasteiger partial charge is 0.768 e. The number of allylic oxidation sites excluding steroid dienone is 1. The van der Waals surface area contributed by atoms with Crippen molar-refractivity contribution in [3.05, 3.63) is 43.0 Å². The van der Waals surface area contributed by atoms with Gasteiger partial charge < -0.3 is 4.55 Å². The van der Waals surface area contributed by atoms with Gasteiger partial charge in [0.2, 0.25) is 0 Å². The van der Waals surface area contributed by atoms with Crippen LogP contribution < -0.4 is 0 Å². The molecule has 3 nitrogen and oxygen atoms in total. The van der Waals surface area contributed by atoms with E-state index in [1.807, 2.05) is 0 Å². The molecule has 1 unspecified atom stereocenters. The van der Waals surface area contributed by atoms with E-state index in [1.54, 1.807) is 36.4 Å². The lowest BCUT2D eigenvalue weighted by molar-refractivity contribution is 0.537. The zero-order chi connectivity index (χ0) is 10.1. The van der Waals surface area contributed by atoms with Crippen molar-refractivity contribution in [3.8, 4) is 6.07 Å². The SMILES string of the molecule is C=CC#N.O=S([O-])c1ccccc1. The molecular weight excluding hydrogens is 186 g/mol. The highest BCUT2D eigenvalue weighted by Gasteiger charge is 1.84. The van der Waals surface area contributed by atoms with E-state index in [0.717, 1.165) is 0 Å². The van der Waals surface area contributed by atoms with Gasteiger partial charge in [0.1, 0.15) is 0 Å². The minimum Gasteiger partial charge on any atom is -0.768 e. The Balaban J connectivity index is 0.000000310. The maximum absolute atomic E-state index is 10.2. The van der Waals surface area contributed by atoms with Crippen molar-refractivity contribution >= 4 is 11.1 Å². The molecule has 0 amide bonds. The average molecular weight is 194 g/mol. The van der Waals surface area contributed by atoms with Crippen LogP contribution in [0.4, 0.5) is 0 Å². The summed E-state index contributed by atoms with van der Waals surface area (Å²) in [7, 11) is 0. The molecule has 13 heavy (non-hydrogen) atoms. The topological polar surface area (TPSA) is 63.9 Å². The van der Waals surface area contributed by atoms with Gasteiger partial charge in [0.25, 0.3) is 0 Å². The Morgan fingerprint density at radius 3 is 2.15 bits per heavy atom. The molecule has 1 atom stereocenters. The van der Waals surface area contributed by atoms with Gasteiger partial charge in [-0.2, -0.15) is 5.26 Å². The van der Waals surface area contributed by atoms with Crippen LogP contribution in [0.15, 0.2) is 47.9 Å². The Labute approximate surface area is 79.6 Å². The van der Waals surface area contributed by atoms with Gasteiger partial charge >= 0.3 is 0 Å². The first kappa shape index (κ1) is 11.6. The van der Waals surface area contributed by atoms with Gasteiger partial charge in [-0.1, -0.05) is 24.8 Å². The van der Waals surface area contributed by atoms with Gasteiger partial charge in [0.15, 0.2) is 0 Å². The van der Waals surface area contributed by atoms with Crippen LogP contribution >= 0.6 is 0 Å². The minimum absolute atomic E-state index is 0.331. The highest BCUT2D eigenvalue weighted by Crippen LogP contribution is 2.00. The van der Waals surface area contributed by atoms with Crippen LogP contribution in [0.1, 0.15) is 0 Å². The second-order valence-electron chi connectivity index (χ2n) is 1.88. The van der Waals surface area contributed by atoms with Gasteiger partial charge in [0.05, 0.1) is 6.07 Å². The zero-order valence-corrected chi connectivity index (χ0v) is 7.66. The van der Waals surface area contributed by atoms with E-state index in [9.17, 15) is 8.76 Å². The van der Waals surface area contributed by atoms with Crippen LogP contribution in [0, 0.1) is 11.3 Å². The van der Waals surface area contributed by atoms with Crippen molar-refractivity contribution in [2.75, 3.05) is 0 Å². The lowest BCUT2D eigenvalue weighted by atomic mass is 10.4. The van der Waals surface area contributed by atoms with Crippen molar-refractivity contribution in [2.24, 2.45) is 0 Å². The van der Waals surface area contributed by atoms with Crippen LogP contribution in [0.3, 0.4) is 0 Å². The molecule has 0 radical (unpaired) electrons. The summed E-state index contributed by atoms with van der Waals surface area (Å²) >= 11 is -2.08. The molecule has 0 N–H and O–H groups in total. The monoisotopic (exact) mass is 194 g/mol. The number of nitriles is 1. The Morgan fingerprint density at radius 2 is 1.92 bits per heavy atom. The quantitative estimate of drug-likeness (QED) is 0.504. The predicted octanol–water partition coefficient (Wildman–Crippen LogP) is 1.62. The van der Waals surface area contributed by atoms with E-state index in [2.05, 4.69) is 6.58 Å². The maximum Gasteiger partial charge on any atom is 0.0905 e. The van der Waals surface area contributed by atoms with E-state index in [4.69, 9.17) is 5.26 Å². The first-order valence-corrected chi connectivity index (χ1v) is 4.44. The van der Waals surface area contributed by atoms with Crippen LogP contribution in [-0.2, 0) is 11.1 Å². The Hall–Kier alpha value is -1.44. The molecule has 0 aliphatic carbocycles. The number of nitrogens with zero attached hydrogens (tertiary/aromatic N) is 1. The van der Waals surface area contributed by atoms with E-state index in [1.165, 1.54) is 6.08 Å². The fourth-order valence-electron chi connectivity index (χ4n) is 0.532. The summed E-state index contributed by atoms with van der Waals surface area (Å²) in [5.41, 5.74) is 0. The number of benzene rings is 1. The molecule has 0 saturated carbocycles. The van der Waals surface area contributed by atoms with Gasteiger partial charge in [-0.05, 0) is 23.2 Å².